The largest absolute Gasteiger partial charge is 0.286 e. The molecule has 31 heavy (non-hydrogen) atoms. The Kier molecular flexibility index (Phi) is 6.12. The summed E-state index contributed by atoms with van der Waals surface area (Å²) in [5.74, 6) is 0. The van der Waals surface area contributed by atoms with Gasteiger partial charge in [0, 0.05) is 26.2 Å². The fraction of sp³-hybridized carbons (Fsp3) is 0.368. The van der Waals surface area contributed by atoms with Crippen LogP contribution in [0.5, 0.6) is 0 Å². The SMILES string of the molecule is NS(=O)(=O)c1ccc2c(c1Cl)CN(CN1CCc3ccc(S(N)(=O)=O)c(Cl)c3C1)CC2. The Hall–Kier alpha value is -1.24. The summed E-state index contributed by atoms with van der Waals surface area (Å²) in [6, 6.07) is 6.45. The molecule has 0 fully saturated rings. The molecule has 0 aliphatic carbocycles. The van der Waals surface area contributed by atoms with Crippen molar-refractivity contribution in [1.29, 1.82) is 0 Å². The van der Waals surface area contributed by atoms with E-state index in [1.807, 2.05) is 0 Å². The number of nitrogens with two attached hydrogens (primary N) is 2. The van der Waals surface area contributed by atoms with Gasteiger partial charge in [0.1, 0.15) is 9.79 Å². The topological polar surface area (TPSA) is 127 Å². The first kappa shape index (κ1) is 22.9. The summed E-state index contributed by atoms with van der Waals surface area (Å²) in [4.78, 5) is 4.21. The second-order valence-electron chi connectivity index (χ2n) is 7.87. The van der Waals surface area contributed by atoms with Gasteiger partial charge < -0.3 is 0 Å². The summed E-state index contributed by atoms with van der Waals surface area (Å²) in [6.45, 7) is 3.15. The van der Waals surface area contributed by atoms with Crippen LogP contribution in [-0.4, -0.2) is 46.4 Å². The summed E-state index contributed by atoms with van der Waals surface area (Å²) in [5.41, 5.74) is 3.56. The Balaban J connectivity index is 1.54. The van der Waals surface area contributed by atoms with Crippen LogP contribution >= 0.6 is 23.2 Å². The van der Waals surface area contributed by atoms with E-state index >= 15 is 0 Å². The van der Waals surface area contributed by atoms with Crippen LogP contribution in [0.4, 0.5) is 0 Å². The minimum atomic E-state index is -3.90. The van der Waals surface area contributed by atoms with Crippen LogP contribution in [0.25, 0.3) is 0 Å². The average Bonchev–Trinajstić information content (AvgIpc) is 2.67. The van der Waals surface area contributed by atoms with Crippen LogP contribution in [0.3, 0.4) is 0 Å². The van der Waals surface area contributed by atoms with Crippen LogP contribution in [-0.2, 0) is 46.0 Å². The van der Waals surface area contributed by atoms with Gasteiger partial charge in [0.05, 0.1) is 16.7 Å². The third kappa shape index (κ3) is 4.62. The maximum absolute atomic E-state index is 11.8. The molecule has 0 atom stereocenters. The number of sulfonamides is 2. The molecular formula is C19H22Cl2N4O4S2. The molecule has 4 N–H and O–H groups in total. The third-order valence-electron chi connectivity index (χ3n) is 5.78. The number of hydrogen-bond donors (Lipinski definition) is 2. The van der Waals surface area contributed by atoms with Crippen molar-refractivity contribution < 1.29 is 16.8 Å². The van der Waals surface area contributed by atoms with Crippen LogP contribution in [0.1, 0.15) is 22.3 Å². The summed E-state index contributed by atoms with van der Waals surface area (Å²) in [6.07, 6.45) is 1.47. The first-order valence-electron chi connectivity index (χ1n) is 9.56. The molecule has 0 unspecified atom stereocenters. The van der Waals surface area contributed by atoms with Gasteiger partial charge in [0.25, 0.3) is 0 Å². The van der Waals surface area contributed by atoms with Crippen molar-refractivity contribution in [3.63, 3.8) is 0 Å². The fourth-order valence-corrected chi connectivity index (χ4v) is 6.61. The molecule has 2 heterocycles. The maximum atomic E-state index is 11.8. The molecule has 0 saturated heterocycles. The van der Waals surface area contributed by atoms with Crippen LogP contribution in [0.2, 0.25) is 10.0 Å². The Bertz CT molecular complexity index is 1170. The highest BCUT2D eigenvalue weighted by atomic mass is 35.5. The van der Waals surface area contributed by atoms with Crippen molar-refractivity contribution in [2.24, 2.45) is 10.3 Å². The first-order chi connectivity index (χ1) is 14.4. The number of fused-ring (bicyclic) bond motifs is 2. The monoisotopic (exact) mass is 504 g/mol. The Labute approximate surface area is 191 Å². The van der Waals surface area contributed by atoms with E-state index in [1.165, 1.54) is 12.1 Å². The van der Waals surface area contributed by atoms with Gasteiger partial charge in [-0.25, -0.2) is 27.1 Å². The molecule has 0 bridgehead atoms. The second-order valence-corrected chi connectivity index (χ2v) is 11.7. The van der Waals surface area contributed by atoms with Gasteiger partial charge in [-0.2, -0.15) is 0 Å². The lowest BCUT2D eigenvalue weighted by atomic mass is 9.99. The number of nitrogens with zero attached hydrogens (tertiary/aromatic N) is 2. The van der Waals surface area contributed by atoms with Gasteiger partial charge in [-0.15, -0.1) is 0 Å². The molecule has 2 aromatic rings. The maximum Gasteiger partial charge on any atom is 0.239 e. The first-order valence-corrected chi connectivity index (χ1v) is 13.4. The van der Waals surface area contributed by atoms with Crippen molar-refractivity contribution in [2.75, 3.05) is 19.8 Å². The molecule has 0 saturated carbocycles. The lowest BCUT2D eigenvalue weighted by Crippen LogP contribution is -2.43. The standard InChI is InChI=1S/C19H22Cl2N4O4S2/c20-18-14-9-24(7-5-12(14)1-3-16(18)30(22,26)27)11-25-8-6-13-2-4-17(31(23,28)29)19(21)15(13)10-25/h1-4H,5-11H2,(H2,22,26,27)(H2,23,28,29). The highest BCUT2D eigenvalue weighted by Crippen LogP contribution is 2.34. The van der Waals surface area contributed by atoms with E-state index in [2.05, 4.69) is 9.80 Å². The molecule has 0 aromatic heterocycles. The predicted octanol–water partition coefficient (Wildman–Crippen LogP) is 1.66. The molecule has 0 spiro atoms. The van der Waals surface area contributed by atoms with E-state index in [0.29, 0.717) is 19.8 Å². The highest BCUT2D eigenvalue weighted by molar-refractivity contribution is 7.89. The summed E-state index contributed by atoms with van der Waals surface area (Å²) in [5, 5.41) is 10.9. The number of primary sulfonamides is 2. The molecule has 0 radical (unpaired) electrons. The van der Waals surface area contributed by atoms with E-state index in [4.69, 9.17) is 33.5 Å². The Morgan fingerprint density at radius 3 is 1.48 bits per heavy atom. The third-order valence-corrected chi connectivity index (χ3v) is 8.77. The van der Waals surface area contributed by atoms with E-state index in [0.717, 1.165) is 48.2 Å². The Morgan fingerprint density at radius 1 is 0.742 bits per heavy atom. The number of halogens is 2. The minimum Gasteiger partial charge on any atom is -0.286 e. The van der Waals surface area contributed by atoms with Crippen molar-refractivity contribution in [2.45, 2.75) is 35.7 Å². The molecule has 0 amide bonds. The summed E-state index contributed by atoms with van der Waals surface area (Å²) >= 11 is 12.8. The molecule has 2 aliphatic rings. The number of hydrogen-bond acceptors (Lipinski definition) is 6. The second kappa shape index (κ2) is 8.27. The van der Waals surface area contributed by atoms with E-state index in [1.54, 1.807) is 12.1 Å². The molecular weight excluding hydrogens is 483 g/mol. The lowest BCUT2D eigenvalue weighted by molar-refractivity contribution is 0.109. The summed E-state index contributed by atoms with van der Waals surface area (Å²) in [7, 11) is -7.80. The number of benzene rings is 2. The van der Waals surface area contributed by atoms with E-state index in [-0.39, 0.29) is 19.8 Å². The number of rotatable bonds is 4. The predicted molar refractivity (Wildman–Crippen MR) is 119 cm³/mol. The Morgan fingerprint density at radius 2 is 1.13 bits per heavy atom. The molecule has 168 valence electrons. The van der Waals surface area contributed by atoms with Crippen LogP contribution in [0.15, 0.2) is 34.1 Å². The van der Waals surface area contributed by atoms with Crippen molar-refractivity contribution in [3.8, 4) is 0 Å². The zero-order chi connectivity index (χ0) is 22.6. The van der Waals surface area contributed by atoms with Crippen LogP contribution in [0, 0.1) is 0 Å². The van der Waals surface area contributed by atoms with E-state index in [9.17, 15) is 16.8 Å². The van der Waals surface area contributed by atoms with Crippen LogP contribution < -0.4 is 10.3 Å². The lowest BCUT2D eigenvalue weighted by Gasteiger charge is -2.37. The normalized spacial score (nSPS) is 17.9. The fourth-order valence-electron chi connectivity index (χ4n) is 4.22. The van der Waals surface area contributed by atoms with Crippen molar-refractivity contribution in [1.82, 2.24) is 9.80 Å². The zero-order valence-corrected chi connectivity index (χ0v) is 19.7. The van der Waals surface area contributed by atoms with E-state index < -0.39 is 20.0 Å². The van der Waals surface area contributed by atoms with Crippen molar-refractivity contribution in [3.05, 3.63) is 56.6 Å². The minimum absolute atomic E-state index is 0.0658. The zero-order valence-electron chi connectivity index (χ0n) is 16.5. The molecule has 8 nitrogen and oxygen atoms in total. The van der Waals surface area contributed by atoms with Gasteiger partial charge in [-0.3, -0.25) is 9.80 Å². The van der Waals surface area contributed by atoms with Gasteiger partial charge in [-0.1, -0.05) is 35.3 Å². The smallest absolute Gasteiger partial charge is 0.239 e. The average molecular weight is 505 g/mol. The summed E-state index contributed by atoms with van der Waals surface area (Å²) < 4.78 is 47.2. The van der Waals surface area contributed by atoms with Gasteiger partial charge in [0.2, 0.25) is 20.0 Å². The highest BCUT2D eigenvalue weighted by Gasteiger charge is 2.27. The molecule has 12 heteroatoms. The molecule has 4 rings (SSSR count). The molecule has 2 aliphatic heterocycles. The van der Waals surface area contributed by atoms with Gasteiger partial charge in [0.15, 0.2) is 0 Å². The van der Waals surface area contributed by atoms with Crippen molar-refractivity contribution >= 4 is 43.2 Å². The van der Waals surface area contributed by atoms with Gasteiger partial charge in [-0.05, 0) is 47.2 Å². The molecule has 2 aromatic carbocycles. The van der Waals surface area contributed by atoms with Gasteiger partial charge >= 0.3 is 0 Å². The quantitative estimate of drug-likeness (QED) is 0.651.